The standard InChI is InChI=1S/C12H12N4O6S/c1-5-2-3-6(7(4-5)23(20,21)22)14-10-8(9(13)17)11(18)16-12(19)15-10/h2-4H,1H3,(H2,13,17)(H,20,21,22)(H3,14,15,16,18,19). The molecule has 11 heteroatoms. The van der Waals surface area contributed by atoms with Crippen LogP contribution in [0.4, 0.5) is 11.5 Å². The van der Waals surface area contributed by atoms with Gasteiger partial charge in [0.1, 0.15) is 16.3 Å². The summed E-state index contributed by atoms with van der Waals surface area (Å²) < 4.78 is 32.1. The third kappa shape index (κ3) is 3.46. The van der Waals surface area contributed by atoms with Crippen molar-refractivity contribution >= 4 is 27.5 Å². The van der Waals surface area contributed by atoms with Crippen LogP contribution in [-0.4, -0.2) is 28.8 Å². The van der Waals surface area contributed by atoms with Crippen LogP contribution in [0.5, 0.6) is 0 Å². The highest BCUT2D eigenvalue weighted by molar-refractivity contribution is 7.86. The van der Waals surface area contributed by atoms with E-state index in [1.165, 1.54) is 18.2 Å². The first-order valence-corrected chi connectivity index (χ1v) is 7.55. The van der Waals surface area contributed by atoms with E-state index in [4.69, 9.17) is 5.73 Å². The number of H-pyrrole nitrogens is 2. The highest BCUT2D eigenvalue weighted by atomic mass is 32.2. The number of anilines is 2. The van der Waals surface area contributed by atoms with Crippen LogP contribution in [0.1, 0.15) is 15.9 Å². The topological polar surface area (TPSA) is 175 Å². The molecule has 1 aromatic heterocycles. The van der Waals surface area contributed by atoms with Gasteiger partial charge in [-0.2, -0.15) is 8.42 Å². The fourth-order valence-electron chi connectivity index (χ4n) is 1.90. The number of primary amides is 1. The zero-order valence-corrected chi connectivity index (χ0v) is 12.5. The van der Waals surface area contributed by atoms with E-state index >= 15 is 0 Å². The highest BCUT2D eigenvalue weighted by Gasteiger charge is 2.20. The average molecular weight is 340 g/mol. The van der Waals surface area contributed by atoms with Gasteiger partial charge in [-0.15, -0.1) is 0 Å². The number of carbonyl (C=O) groups is 1. The van der Waals surface area contributed by atoms with Crippen LogP contribution in [0.15, 0.2) is 32.7 Å². The van der Waals surface area contributed by atoms with Gasteiger partial charge in [-0.25, -0.2) is 4.79 Å². The van der Waals surface area contributed by atoms with E-state index in [9.17, 15) is 27.4 Å². The Bertz CT molecular complexity index is 1000. The van der Waals surface area contributed by atoms with Gasteiger partial charge in [0.15, 0.2) is 0 Å². The Balaban J connectivity index is 2.68. The normalized spacial score (nSPS) is 11.2. The van der Waals surface area contributed by atoms with Gasteiger partial charge in [-0.3, -0.25) is 24.1 Å². The van der Waals surface area contributed by atoms with Crippen molar-refractivity contribution in [1.82, 2.24) is 9.97 Å². The van der Waals surface area contributed by atoms with Crippen LogP contribution in [0.25, 0.3) is 0 Å². The van der Waals surface area contributed by atoms with Crippen molar-refractivity contribution in [2.24, 2.45) is 5.73 Å². The van der Waals surface area contributed by atoms with E-state index < -0.39 is 37.7 Å². The molecule has 1 amide bonds. The molecule has 10 nitrogen and oxygen atoms in total. The number of aryl methyl sites for hydroxylation is 1. The molecule has 0 unspecified atom stereocenters. The van der Waals surface area contributed by atoms with Crippen molar-refractivity contribution < 1.29 is 17.8 Å². The minimum atomic E-state index is -4.59. The Kier molecular flexibility index (Phi) is 4.08. The van der Waals surface area contributed by atoms with Crippen molar-refractivity contribution in [2.45, 2.75) is 11.8 Å². The molecule has 2 rings (SSSR count). The zero-order chi connectivity index (χ0) is 17.4. The summed E-state index contributed by atoms with van der Waals surface area (Å²) in [6, 6.07) is 3.99. The van der Waals surface area contributed by atoms with Gasteiger partial charge in [0.2, 0.25) is 0 Å². The van der Waals surface area contributed by atoms with Gasteiger partial charge in [0, 0.05) is 0 Å². The molecule has 0 aliphatic heterocycles. The van der Waals surface area contributed by atoms with Gasteiger partial charge in [-0.1, -0.05) is 6.07 Å². The molecular weight excluding hydrogens is 328 g/mol. The van der Waals surface area contributed by atoms with E-state index in [2.05, 4.69) is 10.3 Å². The lowest BCUT2D eigenvalue weighted by Crippen LogP contribution is -2.32. The second-order valence-corrected chi connectivity index (χ2v) is 6.01. The van der Waals surface area contributed by atoms with Gasteiger partial charge in [0.05, 0.1) is 5.69 Å². The number of hydrogen-bond donors (Lipinski definition) is 5. The third-order valence-corrected chi connectivity index (χ3v) is 3.76. The third-order valence-electron chi connectivity index (χ3n) is 2.86. The molecule has 0 saturated carbocycles. The number of rotatable bonds is 4. The van der Waals surface area contributed by atoms with Crippen molar-refractivity contribution in [3.8, 4) is 0 Å². The lowest BCUT2D eigenvalue weighted by Gasteiger charge is -2.12. The molecule has 0 fully saturated rings. The first-order valence-electron chi connectivity index (χ1n) is 6.11. The molecule has 23 heavy (non-hydrogen) atoms. The molecule has 0 atom stereocenters. The number of nitrogens with two attached hydrogens (primary N) is 1. The predicted octanol–water partition coefficient (Wildman–Crippen LogP) is -0.539. The maximum absolute atomic E-state index is 11.6. The largest absolute Gasteiger partial charge is 0.365 e. The van der Waals surface area contributed by atoms with E-state index in [1.54, 1.807) is 6.92 Å². The number of nitrogens with one attached hydrogen (secondary N) is 3. The molecule has 122 valence electrons. The smallest absolute Gasteiger partial charge is 0.327 e. The summed E-state index contributed by atoms with van der Waals surface area (Å²) in [6.45, 7) is 1.60. The number of benzene rings is 1. The summed E-state index contributed by atoms with van der Waals surface area (Å²) in [7, 11) is -4.59. The molecule has 0 radical (unpaired) electrons. The Morgan fingerprint density at radius 3 is 2.48 bits per heavy atom. The number of aromatic amines is 2. The van der Waals surface area contributed by atoms with Gasteiger partial charge < -0.3 is 11.1 Å². The van der Waals surface area contributed by atoms with Crippen molar-refractivity contribution in [1.29, 1.82) is 0 Å². The SMILES string of the molecule is Cc1ccc(Nc2[nH]c(=O)[nH]c(=O)c2C(N)=O)c(S(=O)(=O)O)c1. The number of hydrogen-bond acceptors (Lipinski definition) is 6. The molecule has 1 heterocycles. The van der Waals surface area contributed by atoms with Gasteiger partial charge >= 0.3 is 5.69 Å². The monoisotopic (exact) mass is 340 g/mol. The lowest BCUT2D eigenvalue weighted by atomic mass is 10.2. The van der Waals surface area contributed by atoms with E-state index in [0.29, 0.717) is 5.56 Å². The summed E-state index contributed by atoms with van der Waals surface area (Å²) in [6.07, 6.45) is 0. The maximum atomic E-state index is 11.6. The zero-order valence-electron chi connectivity index (χ0n) is 11.7. The highest BCUT2D eigenvalue weighted by Crippen LogP contribution is 2.25. The second kappa shape index (κ2) is 5.70. The van der Waals surface area contributed by atoms with Crippen molar-refractivity contribution in [3.05, 3.63) is 50.2 Å². The minimum absolute atomic E-state index is 0.151. The fourth-order valence-corrected chi connectivity index (χ4v) is 2.63. The summed E-state index contributed by atoms with van der Waals surface area (Å²) in [5, 5.41) is 2.42. The quantitative estimate of drug-likeness (QED) is 0.464. The first-order chi connectivity index (χ1) is 10.6. The average Bonchev–Trinajstić information content (AvgIpc) is 2.38. The maximum Gasteiger partial charge on any atom is 0.327 e. The Morgan fingerprint density at radius 2 is 1.91 bits per heavy atom. The van der Waals surface area contributed by atoms with Crippen LogP contribution in [0.2, 0.25) is 0 Å². The summed E-state index contributed by atoms with van der Waals surface area (Å²) in [5.74, 6) is -1.52. The van der Waals surface area contributed by atoms with E-state index in [0.717, 1.165) is 0 Å². The number of carbonyl (C=O) groups excluding carboxylic acids is 1. The number of amides is 1. The van der Waals surface area contributed by atoms with Gasteiger partial charge in [0.25, 0.3) is 21.6 Å². The molecule has 0 aliphatic rings. The van der Waals surface area contributed by atoms with Crippen LogP contribution >= 0.6 is 0 Å². The first kappa shape index (κ1) is 16.5. The summed E-state index contributed by atoms with van der Waals surface area (Å²) >= 11 is 0. The minimum Gasteiger partial charge on any atom is -0.365 e. The van der Waals surface area contributed by atoms with Gasteiger partial charge in [-0.05, 0) is 24.6 Å². The van der Waals surface area contributed by atoms with E-state index in [-0.39, 0.29) is 11.5 Å². The Hall–Kier alpha value is -2.92. The van der Waals surface area contributed by atoms with Crippen molar-refractivity contribution in [2.75, 3.05) is 5.32 Å². The molecule has 0 bridgehead atoms. The number of aromatic nitrogens is 2. The molecule has 2 aromatic rings. The van der Waals surface area contributed by atoms with Crippen molar-refractivity contribution in [3.63, 3.8) is 0 Å². The fraction of sp³-hybridized carbons (Fsp3) is 0.0833. The van der Waals surface area contributed by atoms with Crippen LogP contribution in [0.3, 0.4) is 0 Å². The molecule has 0 spiro atoms. The van der Waals surface area contributed by atoms with Crippen LogP contribution in [-0.2, 0) is 10.1 Å². The Labute approximate surface area is 129 Å². The predicted molar refractivity (Wildman–Crippen MR) is 80.5 cm³/mol. The second-order valence-electron chi connectivity index (χ2n) is 4.62. The molecule has 0 aliphatic carbocycles. The summed E-state index contributed by atoms with van der Waals surface area (Å²) in [5.41, 5.74) is 2.91. The van der Waals surface area contributed by atoms with E-state index in [1.807, 2.05) is 4.98 Å². The summed E-state index contributed by atoms with van der Waals surface area (Å²) in [4.78, 5) is 37.8. The van der Waals surface area contributed by atoms with Crippen LogP contribution in [0, 0.1) is 6.92 Å². The van der Waals surface area contributed by atoms with Crippen LogP contribution < -0.4 is 22.3 Å². The molecule has 0 saturated heterocycles. The lowest BCUT2D eigenvalue weighted by molar-refractivity contribution is 0.0999. The molecular formula is C12H12N4O6S. The molecule has 6 N–H and O–H groups in total. The Morgan fingerprint density at radius 1 is 1.26 bits per heavy atom. The molecule has 1 aromatic carbocycles.